The van der Waals surface area contributed by atoms with Crippen LogP contribution in [0, 0.1) is 0 Å². The molecule has 22 heavy (non-hydrogen) atoms. The number of para-hydroxylation sites is 1. The summed E-state index contributed by atoms with van der Waals surface area (Å²) in [7, 11) is 0. The summed E-state index contributed by atoms with van der Waals surface area (Å²) in [5.74, 6) is -2.80. The molecule has 0 unspecified atom stereocenters. The van der Waals surface area contributed by atoms with Gasteiger partial charge in [0.25, 0.3) is 0 Å². The van der Waals surface area contributed by atoms with Gasteiger partial charge in [0.15, 0.2) is 0 Å². The fourth-order valence-electron chi connectivity index (χ4n) is 1.39. The summed E-state index contributed by atoms with van der Waals surface area (Å²) >= 11 is 0. The van der Waals surface area contributed by atoms with Gasteiger partial charge in [-0.1, -0.05) is 12.1 Å². The lowest BCUT2D eigenvalue weighted by molar-refractivity contribution is -0.307. The van der Waals surface area contributed by atoms with Crippen LogP contribution in [0.1, 0.15) is 19.4 Å². The first kappa shape index (κ1) is 17.2. The van der Waals surface area contributed by atoms with Crippen LogP contribution in [0.2, 0.25) is 0 Å². The Kier molecular flexibility index (Phi) is 6.55. The fraction of sp³-hybridized carbons (Fsp3) is 0.286. The Morgan fingerprint density at radius 1 is 1.27 bits per heavy atom. The molecule has 0 spiro atoms. The average Bonchev–Trinajstić information content (AvgIpc) is 2.45. The first-order valence-corrected chi connectivity index (χ1v) is 6.45. The number of hydrogen-bond acceptors (Lipinski definition) is 6. The number of carboxylic acid groups (broad SMARTS) is 1. The molecule has 1 aromatic rings. The van der Waals surface area contributed by atoms with Gasteiger partial charge in [0.05, 0.1) is 12.2 Å². The Hall–Kier alpha value is -2.90. The fourth-order valence-corrected chi connectivity index (χ4v) is 1.39. The number of ether oxygens (including phenoxy) is 1. The Bertz CT molecular complexity index is 584. The predicted octanol–water partition coefficient (Wildman–Crippen LogP) is -1.21. The van der Waals surface area contributed by atoms with Gasteiger partial charge in [0.2, 0.25) is 0 Å². The highest BCUT2D eigenvalue weighted by Crippen LogP contribution is 2.15. The van der Waals surface area contributed by atoms with Gasteiger partial charge >= 0.3 is 11.8 Å². The number of nitrogens with one attached hydrogen (secondary N) is 2. The van der Waals surface area contributed by atoms with E-state index in [1.807, 2.05) is 0 Å². The lowest BCUT2D eigenvalue weighted by atomic mass is 10.2. The van der Waals surface area contributed by atoms with Crippen LogP contribution in [0.4, 0.5) is 0 Å². The molecule has 0 aliphatic heterocycles. The third-order valence-electron chi connectivity index (χ3n) is 2.26. The van der Waals surface area contributed by atoms with Crippen LogP contribution in [-0.4, -0.2) is 36.6 Å². The van der Waals surface area contributed by atoms with Crippen molar-refractivity contribution < 1.29 is 24.2 Å². The molecule has 0 aliphatic carbocycles. The molecular weight excluding hydrogens is 290 g/mol. The molecule has 0 saturated heterocycles. The van der Waals surface area contributed by atoms with Gasteiger partial charge in [-0.3, -0.25) is 9.59 Å². The van der Waals surface area contributed by atoms with Crippen LogP contribution in [0.5, 0.6) is 5.75 Å². The van der Waals surface area contributed by atoms with E-state index in [9.17, 15) is 19.5 Å². The van der Waals surface area contributed by atoms with Crippen LogP contribution in [0.3, 0.4) is 0 Å². The SMILES string of the molecule is CC(C)NC(=O)C(=O)N/N=C\c1ccccc1OCC(=O)[O-]. The molecule has 2 amide bonds. The highest BCUT2D eigenvalue weighted by atomic mass is 16.5. The van der Waals surface area contributed by atoms with Crippen LogP contribution < -0.4 is 20.6 Å². The minimum absolute atomic E-state index is 0.166. The van der Waals surface area contributed by atoms with Gasteiger partial charge in [-0.15, -0.1) is 0 Å². The first-order chi connectivity index (χ1) is 10.4. The number of nitrogens with zero attached hydrogens (tertiary/aromatic N) is 1. The molecule has 1 aromatic carbocycles. The number of carbonyl (C=O) groups is 3. The van der Waals surface area contributed by atoms with E-state index >= 15 is 0 Å². The van der Waals surface area contributed by atoms with E-state index in [4.69, 9.17) is 4.74 Å². The monoisotopic (exact) mass is 306 g/mol. The van der Waals surface area contributed by atoms with Crippen molar-refractivity contribution in [1.29, 1.82) is 0 Å². The van der Waals surface area contributed by atoms with Crippen molar-refractivity contribution in [3.05, 3.63) is 29.8 Å². The number of hydrogen-bond donors (Lipinski definition) is 2. The van der Waals surface area contributed by atoms with E-state index < -0.39 is 24.4 Å². The van der Waals surface area contributed by atoms with Gasteiger partial charge in [0, 0.05) is 11.6 Å². The second-order valence-corrected chi connectivity index (χ2v) is 4.53. The molecule has 0 fully saturated rings. The van der Waals surface area contributed by atoms with Crippen molar-refractivity contribution >= 4 is 24.0 Å². The highest BCUT2D eigenvalue weighted by Gasteiger charge is 2.13. The molecule has 118 valence electrons. The van der Waals surface area contributed by atoms with Crippen LogP contribution >= 0.6 is 0 Å². The molecule has 0 saturated carbocycles. The van der Waals surface area contributed by atoms with Gasteiger partial charge in [-0.05, 0) is 26.0 Å². The Morgan fingerprint density at radius 2 is 1.95 bits per heavy atom. The van der Waals surface area contributed by atoms with E-state index in [2.05, 4.69) is 15.8 Å². The smallest absolute Gasteiger partial charge is 0.329 e. The third kappa shape index (κ3) is 6.04. The first-order valence-electron chi connectivity index (χ1n) is 6.45. The summed E-state index contributed by atoms with van der Waals surface area (Å²) < 4.78 is 5.01. The normalized spacial score (nSPS) is 10.5. The zero-order chi connectivity index (χ0) is 16.5. The maximum Gasteiger partial charge on any atom is 0.329 e. The summed E-state index contributed by atoms with van der Waals surface area (Å²) in [5, 5.41) is 16.4. The maximum absolute atomic E-state index is 11.4. The van der Waals surface area contributed by atoms with E-state index in [0.29, 0.717) is 5.56 Å². The van der Waals surface area contributed by atoms with E-state index in [-0.39, 0.29) is 11.8 Å². The van der Waals surface area contributed by atoms with E-state index in [1.165, 1.54) is 12.3 Å². The summed E-state index contributed by atoms with van der Waals surface area (Å²) in [5.41, 5.74) is 2.50. The minimum Gasteiger partial charge on any atom is -0.546 e. The number of hydrazone groups is 1. The zero-order valence-electron chi connectivity index (χ0n) is 12.2. The summed E-state index contributed by atoms with van der Waals surface area (Å²) in [6.45, 7) is 2.84. The molecule has 0 aromatic heterocycles. The van der Waals surface area contributed by atoms with Crippen molar-refractivity contribution in [2.75, 3.05) is 6.61 Å². The maximum atomic E-state index is 11.4. The summed E-state index contributed by atoms with van der Waals surface area (Å²) in [6, 6.07) is 6.31. The van der Waals surface area contributed by atoms with Crippen molar-refractivity contribution in [2.24, 2.45) is 5.10 Å². The molecule has 0 aliphatic rings. The third-order valence-corrected chi connectivity index (χ3v) is 2.26. The van der Waals surface area contributed by atoms with E-state index in [0.717, 1.165) is 0 Å². The number of amides is 2. The van der Waals surface area contributed by atoms with Crippen molar-refractivity contribution in [2.45, 2.75) is 19.9 Å². The second-order valence-electron chi connectivity index (χ2n) is 4.53. The predicted molar refractivity (Wildman–Crippen MR) is 76.0 cm³/mol. The van der Waals surface area contributed by atoms with Gasteiger partial charge in [0.1, 0.15) is 12.4 Å². The molecule has 2 N–H and O–H groups in total. The van der Waals surface area contributed by atoms with Gasteiger partial charge in [-0.2, -0.15) is 5.10 Å². The molecule has 8 nitrogen and oxygen atoms in total. The van der Waals surface area contributed by atoms with Crippen LogP contribution in [-0.2, 0) is 14.4 Å². The van der Waals surface area contributed by atoms with Gasteiger partial charge < -0.3 is 20.0 Å². The number of aliphatic carboxylic acids is 1. The van der Waals surface area contributed by atoms with Crippen molar-refractivity contribution in [3.63, 3.8) is 0 Å². The Labute approximate surface area is 127 Å². The average molecular weight is 306 g/mol. The lowest BCUT2D eigenvalue weighted by Crippen LogP contribution is -2.41. The topological polar surface area (TPSA) is 120 Å². The number of carbonyl (C=O) groups excluding carboxylic acids is 3. The molecular formula is C14H16N3O5-. The second kappa shape index (κ2) is 8.40. The minimum atomic E-state index is -1.36. The number of benzene rings is 1. The number of rotatable bonds is 6. The molecule has 0 atom stereocenters. The summed E-state index contributed by atoms with van der Waals surface area (Å²) in [6.07, 6.45) is 1.24. The van der Waals surface area contributed by atoms with Crippen molar-refractivity contribution in [3.8, 4) is 5.75 Å². The highest BCUT2D eigenvalue weighted by molar-refractivity contribution is 6.35. The van der Waals surface area contributed by atoms with Crippen molar-refractivity contribution in [1.82, 2.24) is 10.7 Å². The lowest BCUT2D eigenvalue weighted by Gasteiger charge is -2.09. The molecule has 8 heteroatoms. The molecule has 0 heterocycles. The van der Waals surface area contributed by atoms with Crippen LogP contribution in [0.15, 0.2) is 29.4 Å². The quantitative estimate of drug-likeness (QED) is 0.388. The Morgan fingerprint density at radius 3 is 2.59 bits per heavy atom. The zero-order valence-corrected chi connectivity index (χ0v) is 12.2. The molecule has 1 rings (SSSR count). The molecule has 0 bridgehead atoms. The van der Waals surface area contributed by atoms with Gasteiger partial charge in [-0.25, -0.2) is 5.43 Å². The van der Waals surface area contributed by atoms with Crippen LogP contribution in [0.25, 0.3) is 0 Å². The number of carboxylic acids is 1. The largest absolute Gasteiger partial charge is 0.546 e. The standard InChI is InChI=1S/C14H17N3O5/c1-9(2)16-13(20)14(21)17-15-7-10-5-3-4-6-11(10)22-8-12(18)19/h3-7,9H,8H2,1-2H3,(H,16,20)(H,17,21)(H,18,19)/p-1/b15-7-. The van der Waals surface area contributed by atoms with E-state index in [1.54, 1.807) is 32.0 Å². The summed E-state index contributed by atoms with van der Waals surface area (Å²) in [4.78, 5) is 33.1. The molecule has 0 radical (unpaired) electrons. The Balaban J connectivity index is 2.64.